The van der Waals surface area contributed by atoms with Gasteiger partial charge >= 0.3 is 0 Å². The zero-order valence-electron chi connectivity index (χ0n) is 19.1. The minimum Gasteiger partial charge on any atom is -0.383 e. The first-order valence-electron chi connectivity index (χ1n) is 11.0. The van der Waals surface area contributed by atoms with Gasteiger partial charge in [-0.3, -0.25) is 4.79 Å². The van der Waals surface area contributed by atoms with Crippen molar-refractivity contribution in [1.82, 2.24) is 14.5 Å². The zero-order chi connectivity index (χ0) is 23.1. The molecule has 1 aliphatic heterocycles. The van der Waals surface area contributed by atoms with E-state index in [4.69, 9.17) is 9.47 Å². The van der Waals surface area contributed by atoms with Gasteiger partial charge in [0.05, 0.1) is 36.9 Å². The number of methoxy groups -OCH3 is 1. The Hall–Kier alpha value is -2.23. The highest BCUT2D eigenvalue weighted by Crippen LogP contribution is 2.21. The van der Waals surface area contributed by atoms with Gasteiger partial charge in [0.1, 0.15) is 0 Å². The molecule has 3 rings (SSSR count). The number of aromatic nitrogens is 2. The van der Waals surface area contributed by atoms with E-state index in [1.807, 2.05) is 32.0 Å². The van der Waals surface area contributed by atoms with E-state index in [0.29, 0.717) is 37.6 Å². The van der Waals surface area contributed by atoms with Crippen molar-refractivity contribution in [3.63, 3.8) is 0 Å². The summed E-state index contributed by atoms with van der Waals surface area (Å²) in [7, 11) is -2.11. The number of sulfone groups is 1. The molecule has 8 nitrogen and oxygen atoms in total. The topological polar surface area (TPSA) is 90.7 Å². The van der Waals surface area contributed by atoms with Gasteiger partial charge in [-0.2, -0.15) is 0 Å². The monoisotopic (exact) mass is 463 g/mol. The predicted octanol–water partition coefficient (Wildman–Crippen LogP) is 2.67. The third kappa shape index (κ3) is 6.17. The molecule has 0 aliphatic carbocycles. The number of carbonyl (C=O) groups is 1. The summed E-state index contributed by atoms with van der Waals surface area (Å²) in [6.07, 6.45) is 3.47. The second-order valence-electron chi connectivity index (χ2n) is 8.43. The first-order valence-corrected chi connectivity index (χ1v) is 12.7. The lowest BCUT2D eigenvalue weighted by Crippen LogP contribution is -2.39. The summed E-state index contributed by atoms with van der Waals surface area (Å²) in [5.74, 6) is -0.302. The van der Waals surface area contributed by atoms with Gasteiger partial charge in [-0.1, -0.05) is 44.2 Å². The number of ether oxygens (including phenoxy) is 2. The molecule has 2 aromatic rings. The summed E-state index contributed by atoms with van der Waals surface area (Å²) in [5.41, 5.74) is 1.37. The quantitative estimate of drug-likeness (QED) is 0.509. The Labute approximate surface area is 190 Å². The maximum Gasteiger partial charge on any atom is 0.228 e. The van der Waals surface area contributed by atoms with Crippen molar-refractivity contribution in [1.29, 1.82) is 0 Å². The highest BCUT2D eigenvalue weighted by atomic mass is 32.2. The van der Waals surface area contributed by atoms with Gasteiger partial charge in [0, 0.05) is 32.7 Å². The Kier molecular flexibility index (Phi) is 8.44. The maximum atomic E-state index is 13.2. The highest BCUT2D eigenvalue weighted by Gasteiger charge is 2.28. The first kappa shape index (κ1) is 24.4. The fourth-order valence-corrected chi connectivity index (χ4v) is 5.39. The van der Waals surface area contributed by atoms with E-state index in [0.717, 1.165) is 12.8 Å². The van der Waals surface area contributed by atoms with Crippen LogP contribution in [0.3, 0.4) is 0 Å². The molecule has 1 atom stereocenters. The Morgan fingerprint density at radius 2 is 2.06 bits per heavy atom. The molecule has 176 valence electrons. The molecule has 0 N–H and O–H groups in total. The second kappa shape index (κ2) is 11.1. The van der Waals surface area contributed by atoms with E-state index in [2.05, 4.69) is 4.98 Å². The summed E-state index contributed by atoms with van der Waals surface area (Å²) in [6, 6.07) is 9.04. The van der Waals surface area contributed by atoms with Crippen LogP contribution in [0.15, 0.2) is 41.7 Å². The molecule has 1 aromatic heterocycles. The number of rotatable bonds is 11. The molecule has 9 heteroatoms. The van der Waals surface area contributed by atoms with Gasteiger partial charge in [0.25, 0.3) is 0 Å². The van der Waals surface area contributed by atoms with Crippen molar-refractivity contribution >= 4 is 15.7 Å². The summed E-state index contributed by atoms with van der Waals surface area (Å²) in [5, 5.41) is 0.00228. The zero-order valence-corrected chi connectivity index (χ0v) is 19.9. The summed E-state index contributed by atoms with van der Waals surface area (Å²) in [4.78, 5) is 18.9. The van der Waals surface area contributed by atoms with Crippen LogP contribution in [0, 0.1) is 5.92 Å². The molecule has 1 amide bonds. The van der Waals surface area contributed by atoms with Gasteiger partial charge in [0.2, 0.25) is 20.9 Å². The Morgan fingerprint density at radius 3 is 2.69 bits per heavy atom. The number of imidazole rings is 1. The average Bonchev–Trinajstić information content (AvgIpc) is 3.41. The largest absolute Gasteiger partial charge is 0.383 e. The molecule has 1 aromatic carbocycles. The Morgan fingerprint density at radius 1 is 1.31 bits per heavy atom. The SMILES string of the molecule is COCCn1c(CN(CC2CCCO2)C(=O)C(C)C)cnc1S(=O)(=O)Cc1ccccc1. The van der Waals surface area contributed by atoms with Crippen molar-refractivity contribution in [3.8, 4) is 0 Å². The number of nitrogens with zero attached hydrogens (tertiary/aromatic N) is 3. The molecule has 1 fully saturated rings. The summed E-state index contributed by atoms with van der Waals surface area (Å²) in [6.45, 7) is 5.86. The maximum absolute atomic E-state index is 13.2. The van der Waals surface area contributed by atoms with Crippen LogP contribution in [0.2, 0.25) is 0 Å². The van der Waals surface area contributed by atoms with Crippen LogP contribution < -0.4 is 0 Å². The number of benzene rings is 1. The van der Waals surface area contributed by atoms with Crippen LogP contribution >= 0.6 is 0 Å². The summed E-state index contributed by atoms with van der Waals surface area (Å²) < 4.78 is 39.0. The van der Waals surface area contributed by atoms with Crippen molar-refractivity contribution < 1.29 is 22.7 Å². The number of hydrogen-bond donors (Lipinski definition) is 0. The molecular formula is C23H33N3O5S. The molecule has 1 unspecified atom stereocenters. The van der Waals surface area contributed by atoms with Crippen molar-refractivity contribution in [3.05, 3.63) is 47.8 Å². The van der Waals surface area contributed by atoms with E-state index in [-0.39, 0.29) is 35.4 Å². The molecule has 1 aliphatic rings. The van der Waals surface area contributed by atoms with Crippen LogP contribution in [0.4, 0.5) is 0 Å². The third-order valence-corrected chi connectivity index (χ3v) is 7.10. The molecular weight excluding hydrogens is 430 g/mol. The number of amides is 1. The van der Waals surface area contributed by atoms with Crippen LogP contribution in [0.25, 0.3) is 0 Å². The minimum absolute atomic E-state index is 0.00228. The van der Waals surface area contributed by atoms with Gasteiger partial charge in [-0.15, -0.1) is 0 Å². The molecule has 2 heterocycles. The third-order valence-electron chi connectivity index (χ3n) is 5.50. The minimum atomic E-state index is -3.68. The van der Waals surface area contributed by atoms with Crippen molar-refractivity contribution in [2.45, 2.75) is 56.8 Å². The predicted molar refractivity (Wildman–Crippen MR) is 121 cm³/mol. The van der Waals surface area contributed by atoms with E-state index in [1.165, 1.54) is 0 Å². The Bertz CT molecular complexity index is 982. The number of carbonyl (C=O) groups excluding carboxylic acids is 1. The normalized spacial score (nSPS) is 16.6. The van der Waals surface area contributed by atoms with Crippen molar-refractivity contribution in [2.24, 2.45) is 5.92 Å². The van der Waals surface area contributed by atoms with Gasteiger partial charge in [-0.05, 0) is 18.4 Å². The molecule has 0 bridgehead atoms. The van der Waals surface area contributed by atoms with Crippen LogP contribution in [-0.2, 0) is 42.9 Å². The molecule has 32 heavy (non-hydrogen) atoms. The van der Waals surface area contributed by atoms with Crippen molar-refractivity contribution in [2.75, 3.05) is 26.9 Å². The lowest BCUT2D eigenvalue weighted by molar-refractivity contribution is -0.136. The van der Waals surface area contributed by atoms with Gasteiger partial charge in [-0.25, -0.2) is 13.4 Å². The fraction of sp³-hybridized carbons (Fsp3) is 0.565. The van der Waals surface area contributed by atoms with E-state index < -0.39 is 9.84 Å². The lowest BCUT2D eigenvalue weighted by Gasteiger charge is -2.27. The molecule has 0 spiro atoms. The van der Waals surface area contributed by atoms with Gasteiger partial charge < -0.3 is 18.9 Å². The van der Waals surface area contributed by atoms with E-state index in [1.54, 1.807) is 34.9 Å². The first-order chi connectivity index (χ1) is 15.3. The molecule has 0 radical (unpaired) electrons. The van der Waals surface area contributed by atoms with Crippen LogP contribution in [-0.4, -0.2) is 61.7 Å². The second-order valence-corrected chi connectivity index (χ2v) is 10.3. The van der Waals surface area contributed by atoms with E-state index >= 15 is 0 Å². The smallest absolute Gasteiger partial charge is 0.228 e. The molecule has 0 saturated carbocycles. The lowest BCUT2D eigenvalue weighted by atomic mass is 10.1. The van der Waals surface area contributed by atoms with Crippen LogP contribution in [0.1, 0.15) is 37.9 Å². The molecule has 1 saturated heterocycles. The number of hydrogen-bond acceptors (Lipinski definition) is 6. The van der Waals surface area contributed by atoms with Crippen LogP contribution in [0.5, 0.6) is 0 Å². The Balaban J connectivity index is 1.89. The van der Waals surface area contributed by atoms with E-state index in [9.17, 15) is 13.2 Å². The fourth-order valence-electron chi connectivity index (χ4n) is 3.87. The summed E-state index contributed by atoms with van der Waals surface area (Å²) >= 11 is 0. The highest BCUT2D eigenvalue weighted by molar-refractivity contribution is 7.90. The van der Waals surface area contributed by atoms with Gasteiger partial charge in [0.15, 0.2) is 0 Å². The standard InChI is InChI=1S/C23H33N3O5S/c1-18(2)22(27)25(16-21-10-7-12-31-21)15-20-14-24-23(26(20)11-13-30-3)32(28,29)17-19-8-5-4-6-9-19/h4-6,8-9,14,18,21H,7,10-13,15-17H2,1-3H3. The average molecular weight is 464 g/mol.